The Bertz CT molecular complexity index is 753. The molecule has 0 atom stereocenters. The van der Waals surface area contributed by atoms with Crippen molar-refractivity contribution in [2.45, 2.75) is 4.90 Å². The number of phenolic OH excluding ortho intramolecular Hbond substituents is 2. The minimum atomic E-state index is -0.293. The Morgan fingerprint density at radius 2 is 1.85 bits per heavy atom. The van der Waals surface area contributed by atoms with Crippen molar-refractivity contribution in [3.8, 4) is 11.5 Å². The summed E-state index contributed by atoms with van der Waals surface area (Å²) in [5, 5.41) is 20.1. The molecule has 3 rings (SSSR count). The Balaban J connectivity index is 2.06. The molecule has 0 fully saturated rings. The highest BCUT2D eigenvalue weighted by atomic mass is 35.5. The summed E-state index contributed by atoms with van der Waals surface area (Å²) in [6, 6.07) is 9.80. The van der Waals surface area contributed by atoms with E-state index in [-0.39, 0.29) is 22.8 Å². The molecule has 20 heavy (non-hydrogen) atoms. The number of benzene rings is 2. The molecule has 0 saturated carbocycles. The smallest absolute Gasteiger partial charge is 0.204 e. The summed E-state index contributed by atoms with van der Waals surface area (Å²) in [5.74, 6) is -0.422. The molecule has 2 aromatic rings. The fourth-order valence-corrected chi connectivity index (χ4v) is 3.29. The van der Waals surface area contributed by atoms with Gasteiger partial charge in [0.15, 0.2) is 0 Å². The number of carbonyl (C=O) groups excluding carboxylic acids is 1. The van der Waals surface area contributed by atoms with Crippen LogP contribution in [0.15, 0.2) is 46.2 Å². The molecular weight excluding hydrogens is 296 g/mol. The van der Waals surface area contributed by atoms with Crippen LogP contribution in [0, 0.1) is 0 Å². The van der Waals surface area contributed by atoms with Crippen molar-refractivity contribution in [1.82, 2.24) is 0 Å². The monoisotopic (exact) mass is 304 g/mol. The van der Waals surface area contributed by atoms with Gasteiger partial charge in [-0.15, -0.1) is 0 Å². The summed E-state index contributed by atoms with van der Waals surface area (Å²) in [6.07, 6.45) is 1.69. The molecule has 0 spiro atoms. The standard InChI is InChI=1S/C15H9ClO3S/c16-9-3-1-2-8(6-9)7-12-14(19)13-10(17)4-5-11(18)15(13)20-12/h1-7,17-18H/b12-7-. The molecule has 1 heterocycles. The third-order valence-corrected chi connectivity index (χ3v) is 4.30. The number of carbonyl (C=O) groups is 1. The van der Waals surface area contributed by atoms with Gasteiger partial charge in [-0.05, 0) is 35.9 Å². The van der Waals surface area contributed by atoms with Gasteiger partial charge in [0.25, 0.3) is 0 Å². The Kier molecular flexibility index (Phi) is 3.20. The molecule has 0 saturated heterocycles. The number of allylic oxidation sites excluding steroid dienone is 1. The third-order valence-electron chi connectivity index (χ3n) is 2.92. The van der Waals surface area contributed by atoms with Crippen LogP contribution in [0.4, 0.5) is 0 Å². The van der Waals surface area contributed by atoms with E-state index in [2.05, 4.69) is 0 Å². The molecule has 0 aromatic heterocycles. The largest absolute Gasteiger partial charge is 0.507 e. The molecule has 100 valence electrons. The summed E-state index contributed by atoms with van der Waals surface area (Å²) in [5.41, 5.74) is 0.948. The quantitative estimate of drug-likeness (QED) is 0.615. The lowest BCUT2D eigenvalue weighted by molar-refractivity contribution is 0.104. The van der Waals surface area contributed by atoms with Gasteiger partial charge < -0.3 is 10.2 Å². The predicted octanol–water partition coefficient (Wildman–Crippen LogP) is 4.08. The fourth-order valence-electron chi connectivity index (χ4n) is 2.01. The summed E-state index contributed by atoms with van der Waals surface area (Å²) in [7, 11) is 0. The Hall–Kier alpha value is -1.91. The summed E-state index contributed by atoms with van der Waals surface area (Å²) in [4.78, 5) is 13.1. The molecule has 0 bridgehead atoms. The van der Waals surface area contributed by atoms with Crippen LogP contribution < -0.4 is 0 Å². The molecule has 2 N–H and O–H groups in total. The van der Waals surface area contributed by atoms with Crippen molar-refractivity contribution in [2.24, 2.45) is 0 Å². The van der Waals surface area contributed by atoms with E-state index in [1.54, 1.807) is 24.3 Å². The topological polar surface area (TPSA) is 57.5 Å². The van der Waals surface area contributed by atoms with E-state index in [0.29, 0.717) is 14.8 Å². The number of phenols is 2. The van der Waals surface area contributed by atoms with Crippen LogP contribution in [0.2, 0.25) is 5.02 Å². The Labute approximate surface area is 124 Å². The average Bonchev–Trinajstić information content (AvgIpc) is 2.73. The SMILES string of the molecule is O=C1/C(=C/c2cccc(Cl)c2)Sc2c(O)ccc(O)c21. The van der Waals surface area contributed by atoms with Gasteiger partial charge in [0.2, 0.25) is 5.78 Å². The Morgan fingerprint density at radius 3 is 2.55 bits per heavy atom. The second kappa shape index (κ2) is 4.89. The van der Waals surface area contributed by atoms with Gasteiger partial charge in [0.05, 0.1) is 15.4 Å². The normalized spacial score (nSPS) is 15.7. The number of halogens is 1. The van der Waals surface area contributed by atoms with Crippen molar-refractivity contribution in [3.05, 3.63) is 57.5 Å². The fraction of sp³-hybridized carbons (Fsp3) is 0. The number of fused-ring (bicyclic) bond motifs is 1. The van der Waals surface area contributed by atoms with Crippen molar-refractivity contribution in [1.29, 1.82) is 0 Å². The first-order valence-corrected chi connectivity index (χ1v) is 7.00. The van der Waals surface area contributed by atoms with E-state index in [4.69, 9.17) is 11.6 Å². The third kappa shape index (κ3) is 2.17. The number of ketones is 1. The molecule has 0 unspecified atom stereocenters. The summed E-state index contributed by atoms with van der Waals surface area (Å²) in [6.45, 7) is 0. The van der Waals surface area contributed by atoms with E-state index >= 15 is 0 Å². The molecule has 2 aromatic carbocycles. The van der Waals surface area contributed by atoms with Crippen molar-refractivity contribution in [2.75, 3.05) is 0 Å². The number of hydrogen-bond acceptors (Lipinski definition) is 4. The first kappa shape index (κ1) is 13.1. The molecular formula is C15H9ClO3S. The Morgan fingerprint density at radius 1 is 1.10 bits per heavy atom. The lowest BCUT2D eigenvalue weighted by Crippen LogP contribution is -1.94. The molecule has 1 aliphatic rings. The van der Waals surface area contributed by atoms with Gasteiger partial charge in [-0.25, -0.2) is 0 Å². The van der Waals surface area contributed by atoms with E-state index in [1.165, 1.54) is 12.1 Å². The highest BCUT2D eigenvalue weighted by Gasteiger charge is 2.31. The summed E-state index contributed by atoms with van der Waals surface area (Å²) >= 11 is 7.05. The second-order valence-electron chi connectivity index (χ2n) is 4.30. The minimum Gasteiger partial charge on any atom is -0.507 e. The van der Waals surface area contributed by atoms with Crippen molar-refractivity contribution >= 4 is 35.2 Å². The van der Waals surface area contributed by atoms with Gasteiger partial charge in [0.1, 0.15) is 11.5 Å². The number of Topliss-reactive ketones (excluding diaryl/α,β-unsaturated/α-hetero) is 1. The molecule has 0 aliphatic carbocycles. The highest BCUT2D eigenvalue weighted by molar-refractivity contribution is 8.05. The maximum atomic E-state index is 12.3. The number of hydrogen-bond donors (Lipinski definition) is 2. The van der Waals surface area contributed by atoms with Gasteiger partial charge in [-0.3, -0.25) is 4.79 Å². The maximum Gasteiger partial charge on any atom is 0.204 e. The van der Waals surface area contributed by atoms with Crippen LogP contribution in [0.25, 0.3) is 6.08 Å². The molecule has 3 nitrogen and oxygen atoms in total. The van der Waals surface area contributed by atoms with E-state index in [1.807, 2.05) is 6.07 Å². The van der Waals surface area contributed by atoms with Crippen LogP contribution in [0.1, 0.15) is 15.9 Å². The van der Waals surface area contributed by atoms with E-state index in [9.17, 15) is 15.0 Å². The molecule has 0 amide bonds. The number of aromatic hydroxyl groups is 2. The van der Waals surface area contributed by atoms with Gasteiger partial charge in [0, 0.05) is 5.02 Å². The number of thioether (sulfide) groups is 1. The first-order valence-electron chi connectivity index (χ1n) is 5.81. The van der Waals surface area contributed by atoms with Gasteiger partial charge in [-0.1, -0.05) is 35.5 Å². The zero-order chi connectivity index (χ0) is 14.3. The lowest BCUT2D eigenvalue weighted by Gasteiger charge is -2.00. The van der Waals surface area contributed by atoms with Gasteiger partial charge >= 0.3 is 0 Å². The highest BCUT2D eigenvalue weighted by Crippen LogP contribution is 2.48. The van der Waals surface area contributed by atoms with Crippen LogP contribution in [0.3, 0.4) is 0 Å². The number of rotatable bonds is 1. The average molecular weight is 305 g/mol. The minimum absolute atomic E-state index is 0.00866. The zero-order valence-electron chi connectivity index (χ0n) is 10.1. The van der Waals surface area contributed by atoms with Crippen LogP contribution in [-0.4, -0.2) is 16.0 Å². The van der Waals surface area contributed by atoms with Crippen LogP contribution >= 0.6 is 23.4 Å². The van der Waals surface area contributed by atoms with Crippen LogP contribution in [0.5, 0.6) is 11.5 Å². The first-order chi connectivity index (χ1) is 9.56. The van der Waals surface area contributed by atoms with Gasteiger partial charge in [-0.2, -0.15) is 0 Å². The second-order valence-corrected chi connectivity index (χ2v) is 5.79. The predicted molar refractivity (Wildman–Crippen MR) is 79.4 cm³/mol. The molecule has 1 aliphatic heterocycles. The maximum absolute atomic E-state index is 12.3. The lowest BCUT2D eigenvalue weighted by atomic mass is 10.1. The molecule has 0 radical (unpaired) electrons. The van der Waals surface area contributed by atoms with Crippen molar-refractivity contribution in [3.63, 3.8) is 0 Å². The molecule has 5 heteroatoms. The van der Waals surface area contributed by atoms with Crippen molar-refractivity contribution < 1.29 is 15.0 Å². The van der Waals surface area contributed by atoms with E-state index < -0.39 is 0 Å². The summed E-state index contributed by atoms with van der Waals surface area (Å²) < 4.78 is 0. The zero-order valence-corrected chi connectivity index (χ0v) is 11.7. The van der Waals surface area contributed by atoms with Crippen LogP contribution in [-0.2, 0) is 0 Å². The van der Waals surface area contributed by atoms with E-state index in [0.717, 1.165) is 17.3 Å².